The summed E-state index contributed by atoms with van der Waals surface area (Å²) in [7, 11) is 1.87. The summed E-state index contributed by atoms with van der Waals surface area (Å²) in [6.07, 6.45) is 0.775. The van der Waals surface area contributed by atoms with E-state index < -0.39 is 0 Å². The quantitative estimate of drug-likeness (QED) is 0.748. The van der Waals surface area contributed by atoms with E-state index in [1.54, 1.807) is 12.1 Å². The normalized spacial score (nSPS) is 10.0. The maximum Gasteiger partial charge on any atom is 0.130 e. The van der Waals surface area contributed by atoms with E-state index in [1.165, 1.54) is 6.07 Å². The summed E-state index contributed by atoms with van der Waals surface area (Å²) in [6.45, 7) is 4.67. The molecule has 13 heavy (non-hydrogen) atoms. The fraction of sp³-hybridized carbons (Fsp3) is 0.273. The lowest BCUT2D eigenvalue weighted by Gasteiger charge is -2.05. The van der Waals surface area contributed by atoms with Gasteiger partial charge in [-0.25, -0.2) is 4.39 Å². The molecule has 1 aromatic rings. The summed E-state index contributed by atoms with van der Waals surface area (Å²) >= 11 is 0. The molecular formula is C11H14FN. The molecule has 0 aliphatic rings. The van der Waals surface area contributed by atoms with Crippen molar-refractivity contribution >= 4 is 5.57 Å². The van der Waals surface area contributed by atoms with E-state index in [2.05, 4.69) is 11.9 Å². The molecule has 1 aromatic carbocycles. The maximum atomic E-state index is 13.2. The first kappa shape index (κ1) is 9.93. The second-order valence-electron chi connectivity index (χ2n) is 2.94. The number of nitrogens with one attached hydrogen (secondary N) is 1. The number of benzene rings is 1. The molecule has 0 bridgehead atoms. The summed E-state index contributed by atoms with van der Waals surface area (Å²) in [6, 6.07) is 6.72. The highest BCUT2D eigenvalue weighted by molar-refractivity contribution is 5.63. The zero-order chi connectivity index (χ0) is 9.68. The van der Waals surface area contributed by atoms with E-state index in [1.807, 2.05) is 13.1 Å². The highest BCUT2D eigenvalue weighted by Gasteiger charge is 2.03. The van der Waals surface area contributed by atoms with Crippen molar-refractivity contribution in [1.29, 1.82) is 0 Å². The van der Waals surface area contributed by atoms with Crippen molar-refractivity contribution < 1.29 is 4.39 Å². The third-order valence-electron chi connectivity index (χ3n) is 1.93. The smallest absolute Gasteiger partial charge is 0.130 e. The van der Waals surface area contributed by atoms with Crippen LogP contribution >= 0.6 is 0 Å². The monoisotopic (exact) mass is 179 g/mol. The molecule has 0 atom stereocenters. The van der Waals surface area contributed by atoms with Crippen molar-refractivity contribution in [1.82, 2.24) is 5.32 Å². The average molecular weight is 179 g/mol. The first-order valence-electron chi connectivity index (χ1n) is 4.33. The molecule has 2 heteroatoms. The summed E-state index contributed by atoms with van der Waals surface area (Å²) in [5, 5.41) is 3.00. The molecule has 1 rings (SSSR count). The van der Waals surface area contributed by atoms with Gasteiger partial charge < -0.3 is 5.32 Å². The molecular weight excluding hydrogens is 165 g/mol. The summed E-state index contributed by atoms with van der Waals surface area (Å²) < 4.78 is 13.2. The minimum atomic E-state index is -0.191. The minimum Gasteiger partial charge on any atom is -0.319 e. The molecule has 70 valence electrons. The van der Waals surface area contributed by atoms with E-state index in [0.29, 0.717) is 5.56 Å². The Balaban J connectivity index is 2.71. The lowest BCUT2D eigenvalue weighted by atomic mass is 10.0. The molecule has 0 saturated heterocycles. The topological polar surface area (TPSA) is 12.0 Å². The van der Waals surface area contributed by atoms with Crippen molar-refractivity contribution in [2.75, 3.05) is 13.6 Å². The number of halogens is 1. The van der Waals surface area contributed by atoms with Gasteiger partial charge in [0.05, 0.1) is 0 Å². The summed E-state index contributed by atoms with van der Waals surface area (Å²) in [5.41, 5.74) is 1.46. The van der Waals surface area contributed by atoms with Gasteiger partial charge in [-0.3, -0.25) is 0 Å². The van der Waals surface area contributed by atoms with Gasteiger partial charge in [0.1, 0.15) is 5.82 Å². The minimum absolute atomic E-state index is 0.191. The van der Waals surface area contributed by atoms with Gasteiger partial charge in [-0.15, -0.1) is 0 Å². The predicted octanol–water partition coefficient (Wildman–Crippen LogP) is 2.45. The van der Waals surface area contributed by atoms with Crippen LogP contribution in [0.4, 0.5) is 4.39 Å². The van der Waals surface area contributed by atoms with Crippen LogP contribution in [0.2, 0.25) is 0 Å². The SMILES string of the molecule is C=C(CCNC)c1ccccc1F. The first-order valence-corrected chi connectivity index (χ1v) is 4.33. The van der Waals surface area contributed by atoms with E-state index in [4.69, 9.17) is 0 Å². The van der Waals surface area contributed by atoms with Crippen molar-refractivity contribution in [3.8, 4) is 0 Å². The Morgan fingerprint density at radius 3 is 2.77 bits per heavy atom. The molecule has 0 fully saturated rings. The highest BCUT2D eigenvalue weighted by atomic mass is 19.1. The molecule has 0 radical (unpaired) electrons. The van der Waals surface area contributed by atoms with Gasteiger partial charge in [0.15, 0.2) is 0 Å². The zero-order valence-corrected chi connectivity index (χ0v) is 7.81. The molecule has 0 aromatic heterocycles. The zero-order valence-electron chi connectivity index (χ0n) is 7.81. The van der Waals surface area contributed by atoms with E-state index in [0.717, 1.165) is 18.5 Å². The van der Waals surface area contributed by atoms with Crippen molar-refractivity contribution in [3.63, 3.8) is 0 Å². The molecule has 0 spiro atoms. The van der Waals surface area contributed by atoms with Crippen LogP contribution in [0.5, 0.6) is 0 Å². The number of hydrogen-bond donors (Lipinski definition) is 1. The van der Waals surface area contributed by atoms with Gasteiger partial charge in [-0.05, 0) is 31.7 Å². The average Bonchev–Trinajstić information content (AvgIpc) is 2.15. The number of hydrogen-bond acceptors (Lipinski definition) is 1. The Kier molecular flexibility index (Phi) is 3.65. The second-order valence-corrected chi connectivity index (χ2v) is 2.94. The van der Waals surface area contributed by atoms with Crippen LogP contribution in [0.25, 0.3) is 5.57 Å². The highest BCUT2D eigenvalue weighted by Crippen LogP contribution is 2.18. The van der Waals surface area contributed by atoms with Gasteiger partial charge in [-0.2, -0.15) is 0 Å². The lowest BCUT2D eigenvalue weighted by molar-refractivity contribution is 0.622. The van der Waals surface area contributed by atoms with Crippen molar-refractivity contribution in [3.05, 3.63) is 42.2 Å². The maximum absolute atomic E-state index is 13.2. The summed E-state index contributed by atoms with van der Waals surface area (Å²) in [5.74, 6) is -0.191. The Labute approximate surface area is 78.3 Å². The van der Waals surface area contributed by atoms with Crippen LogP contribution in [0, 0.1) is 5.82 Å². The van der Waals surface area contributed by atoms with Crippen molar-refractivity contribution in [2.45, 2.75) is 6.42 Å². The molecule has 0 aliphatic carbocycles. The Bertz CT molecular complexity index is 294. The van der Waals surface area contributed by atoms with Gasteiger partial charge >= 0.3 is 0 Å². The third kappa shape index (κ3) is 2.67. The van der Waals surface area contributed by atoms with Gasteiger partial charge in [-0.1, -0.05) is 24.8 Å². The van der Waals surface area contributed by atoms with Crippen molar-refractivity contribution in [2.24, 2.45) is 0 Å². The third-order valence-corrected chi connectivity index (χ3v) is 1.93. The Hall–Kier alpha value is -1.15. The van der Waals surface area contributed by atoms with E-state index >= 15 is 0 Å². The fourth-order valence-corrected chi connectivity index (χ4v) is 1.16. The lowest BCUT2D eigenvalue weighted by Crippen LogP contribution is -2.08. The second kappa shape index (κ2) is 4.77. The molecule has 0 amide bonds. The molecule has 0 unspecified atom stereocenters. The van der Waals surface area contributed by atoms with Crippen LogP contribution in [-0.2, 0) is 0 Å². The fourth-order valence-electron chi connectivity index (χ4n) is 1.16. The molecule has 1 nitrogen and oxygen atoms in total. The molecule has 0 heterocycles. The Morgan fingerprint density at radius 2 is 2.15 bits per heavy atom. The molecule has 1 N–H and O–H groups in total. The van der Waals surface area contributed by atoms with E-state index in [9.17, 15) is 4.39 Å². The van der Waals surface area contributed by atoms with Crippen LogP contribution in [0.1, 0.15) is 12.0 Å². The number of rotatable bonds is 4. The van der Waals surface area contributed by atoms with Crippen LogP contribution in [-0.4, -0.2) is 13.6 Å². The van der Waals surface area contributed by atoms with E-state index in [-0.39, 0.29) is 5.82 Å². The van der Waals surface area contributed by atoms with Gasteiger partial charge in [0.2, 0.25) is 0 Å². The standard InChI is InChI=1S/C11H14FN/c1-9(7-8-13-2)10-5-3-4-6-11(10)12/h3-6,13H,1,7-8H2,2H3. The van der Waals surface area contributed by atoms with Gasteiger partial charge in [0.25, 0.3) is 0 Å². The van der Waals surface area contributed by atoms with Gasteiger partial charge in [0, 0.05) is 5.56 Å². The first-order chi connectivity index (χ1) is 6.25. The van der Waals surface area contributed by atoms with Crippen LogP contribution in [0.15, 0.2) is 30.8 Å². The Morgan fingerprint density at radius 1 is 1.46 bits per heavy atom. The largest absolute Gasteiger partial charge is 0.319 e. The molecule has 0 saturated carbocycles. The van der Waals surface area contributed by atoms with Crippen LogP contribution in [0.3, 0.4) is 0 Å². The molecule has 0 aliphatic heterocycles. The summed E-state index contributed by atoms with van der Waals surface area (Å²) in [4.78, 5) is 0. The predicted molar refractivity (Wildman–Crippen MR) is 54.0 cm³/mol. The van der Waals surface area contributed by atoms with Crippen LogP contribution < -0.4 is 5.32 Å².